The van der Waals surface area contributed by atoms with E-state index in [1.165, 1.54) is 35.7 Å². The van der Waals surface area contributed by atoms with Crippen LogP contribution in [-0.2, 0) is 9.59 Å². The normalized spacial score (nSPS) is 30.7. The molecule has 0 aliphatic carbocycles. The van der Waals surface area contributed by atoms with Crippen molar-refractivity contribution in [3.05, 3.63) is 25.3 Å². The summed E-state index contributed by atoms with van der Waals surface area (Å²) in [5, 5.41) is 1.10. The number of thiol groups is 1. The molecule has 0 aromatic rings. The molecule has 2 fully saturated rings. The van der Waals surface area contributed by atoms with E-state index in [1.54, 1.807) is 0 Å². The predicted octanol–water partition coefficient (Wildman–Crippen LogP) is 5.31. The van der Waals surface area contributed by atoms with Crippen molar-refractivity contribution in [2.75, 3.05) is 23.0 Å². The van der Waals surface area contributed by atoms with Crippen LogP contribution in [0.3, 0.4) is 0 Å². The maximum absolute atomic E-state index is 11.5. The molecule has 2 rings (SSSR count). The first-order valence-electron chi connectivity index (χ1n) is 8.27. The highest BCUT2D eigenvalue weighted by Gasteiger charge is 2.49. The summed E-state index contributed by atoms with van der Waals surface area (Å²) in [6, 6.07) is 0. The SMILES string of the molecule is C=CC(=O)SCC1CSC(C(S)(CC)C2SCC(CSC(=O)C=C)S2)S1. The lowest BCUT2D eigenvalue weighted by Gasteiger charge is -2.37. The smallest absolute Gasteiger partial charge is 0.211 e. The Bertz CT molecular complexity index is 497. The number of rotatable bonds is 9. The predicted molar refractivity (Wildman–Crippen MR) is 133 cm³/mol. The minimum atomic E-state index is -0.0472. The number of thioether (sulfide) groups is 6. The molecule has 0 radical (unpaired) electrons. The average molecular weight is 485 g/mol. The fourth-order valence-electron chi connectivity index (χ4n) is 2.51. The molecule has 0 spiro atoms. The van der Waals surface area contributed by atoms with E-state index in [0.29, 0.717) is 19.7 Å². The lowest BCUT2D eigenvalue weighted by Crippen LogP contribution is -2.39. The molecule has 146 valence electrons. The summed E-state index contributed by atoms with van der Waals surface area (Å²) in [4.78, 5) is 22.9. The van der Waals surface area contributed by atoms with Crippen LogP contribution in [0.4, 0.5) is 0 Å². The Hall–Kier alpha value is 1.27. The van der Waals surface area contributed by atoms with E-state index in [9.17, 15) is 9.59 Å². The van der Waals surface area contributed by atoms with Gasteiger partial charge in [0, 0.05) is 33.5 Å². The van der Waals surface area contributed by atoms with E-state index < -0.39 is 0 Å². The molecular formula is C17H24O2S7. The molecule has 4 unspecified atom stereocenters. The van der Waals surface area contributed by atoms with Gasteiger partial charge >= 0.3 is 0 Å². The van der Waals surface area contributed by atoms with Crippen molar-refractivity contribution in [1.82, 2.24) is 0 Å². The first-order chi connectivity index (χ1) is 12.4. The van der Waals surface area contributed by atoms with E-state index >= 15 is 0 Å². The second-order valence-electron chi connectivity index (χ2n) is 5.86. The van der Waals surface area contributed by atoms with Gasteiger partial charge in [0.25, 0.3) is 0 Å². The first kappa shape index (κ1) is 23.5. The summed E-state index contributed by atoms with van der Waals surface area (Å²) in [5.41, 5.74) is 0. The van der Waals surface area contributed by atoms with E-state index in [2.05, 4.69) is 20.1 Å². The largest absolute Gasteiger partial charge is 0.282 e. The third-order valence-electron chi connectivity index (χ3n) is 4.04. The van der Waals surface area contributed by atoms with E-state index in [4.69, 9.17) is 12.6 Å². The Morgan fingerprint density at radius 1 is 1.04 bits per heavy atom. The molecule has 0 N–H and O–H groups in total. The monoisotopic (exact) mass is 484 g/mol. The van der Waals surface area contributed by atoms with Gasteiger partial charge in [-0.15, -0.1) is 47.0 Å². The Balaban J connectivity index is 1.88. The van der Waals surface area contributed by atoms with Crippen LogP contribution in [0, 0.1) is 0 Å². The molecule has 2 aliphatic heterocycles. The lowest BCUT2D eigenvalue weighted by molar-refractivity contribution is -0.107. The molecule has 0 aromatic heterocycles. The van der Waals surface area contributed by atoms with Gasteiger partial charge in [-0.2, -0.15) is 12.6 Å². The van der Waals surface area contributed by atoms with Crippen molar-refractivity contribution in [3.8, 4) is 0 Å². The van der Waals surface area contributed by atoms with Crippen LogP contribution in [0.5, 0.6) is 0 Å². The van der Waals surface area contributed by atoms with Crippen molar-refractivity contribution >= 4 is 93.4 Å². The van der Waals surface area contributed by atoms with Gasteiger partial charge in [-0.05, 0) is 18.6 Å². The van der Waals surface area contributed by atoms with E-state index in [0.717, 1.165) is 29.4 Å². The third-order valence-corrected chi connectivity index (χ3v) is 15.3. The molecule has 2 saturated heterocycles. The van der Waals surface area contributed by atoms with E-state index in [-0.39, 0.29) is 15.0 Å². The van der Waals surface area contributed by atoms with Crippen LogP contribution in [0.25, 0.3) is 0 Å². The summed E-state index contributed by atoms with van der Waals surface area (Å²) in [5.74, 6) is 3.84. The Labute approximate surface area is 187 Å². The fourth-order valence-corrected chi connectivity index (χ4v) is 13.3. The zero-order valence-electron chi connectivity index (χ0n) is 14.6. The summed E-state index contributed by atoms with van der Waals surface area (Å²) in [6.07, 6.45) is 3.80. The summed E-state index contributed by atoms with van der Waals surface area (Å²) >= 11 is 15.9. The molecular weight excluding hydrogens is 461 g/mol. The van der Waals surface area contributed by atoms with Gasteiger partial charge in [-0.25, -0.2) is 0 Å². The van der Waals surface area contributed by atoms with E-state index in [1.807, 2.05) is 47.0 Å². The Morgan fingerprint density at radius 3 is 1.81 bits per heavy atom. The minimum absolute atomic E-state index is 0.0472. The maximum Gasteiger partial charge on any atom is 0.211 e. The van der Waals surface area contributed by atoms with Crippen molar-refractivity contribution in [1.29, 1.82) is 0 Å². The van der Waals surface area contributed by atoms with Crippen molar-refractivity contribution in [3.63, 3.8) is 0 Å². The fraction of sp³-hybridized carbons (Fsp3) is 0.647. The van der Waals surface area contributed by atoms with Gasteiger partial charge in [0.15, 0.2) is 0 Å². The second-order valence-corrected chi connectivity index (χ2v) is 14.4. The number of carbonyl (C=O) groups excluding carboxylic acids is 2. The lowest BCUT2D eigenvalue weighted by atomic mass is 10.1. The van der Waals surface area contributed by atoms with Crippen LogP contribution in [0.1, 0.15) is 13.3 Å². The van der Waals surface area contributed by atoms with Crippen LogP contribution in [0.2, 0.25) is 0 Å². The van der Waals surface area contributed by atoms with Gasteiger partial charge in [-0.3, -0.25) is 9.59 Å². The maximum atomic E-state index is 11.5. The standard InChI is InChI=1S/C17H24O2S7/c1-4-13(18)21-7-11-9-23-15(25-11)17(20,6-3)16-24-10-12(26-16)8-22-14(19)5-2/h4-5,11-12,15-16,20H,1-2,6-10H2,3H3. The molecule has 4 atom stereocenters. The molecule has 2 heterocycles. The molecule has 0 aromatic carbocycles. The van der Waals surface area contributed by atoms with Crippen LogP contribution in [-0.4, -0.2) is 57.7 Å². The molecule has 0 amide bonds. The van der Waals surface area contributed by atoms with Gasteiger partial charge in [0.05, 0.1) is 13.9 Å². The quantitative estimate of drug-likeness (QED) is 0.348. The molecule has 0 saturated carbocycles. The van der Waals surface area contributed by atoms with Crippen LogP contribution >= 0.6 is 83.2 Å². The van der Waals surface area contributed by atoms with Gasteiger partial charge in [0.1, 0.15) is 0 Å². The van der Waals surface area contributed by atoms with Crippen molar-refractivity contribution in [2.24, 2.45) is 0 Å². The molecule has 2 aliphatic rings. The van der Waals surface area contributed by atoms with Gasteiger partial charge < -0.3 is 0 Å². The Morgan fingerprint density at radius 2 is 1.46 bits per heavy atom. The number of carbonyl (C=O) groups is 2. The van der Waals surface area contributed by atoms with Crippen LogP contribution in [0.15, 0.2) is 25.3 Å². The van der Waals surface area contributed by atoms with Crippen LogP contribution < -0.4 is 0 Å². The first-order valence-corrected chi connectivity index (χ1v) is 14.7. The average Bonchev–Trinajstić information content (AvgIpc) is 3.33. The topological polar surface area (TPSA) is 34.1 Å². The highest BCUT2D eigenvalue weighted by Crippen LogP contribution is 2.57. The minimum Gasteiger partial charge on any atom is -0.282 e. The van der Waals surface area contributed by atoms with Gasteiger partial charge in [-0.1, -0.05) is 43.6 Å². The summed E-state index contributed by atoms with van der Waals surface area (Å²) in [7, 11) is 0. The highest BCUT2D eigenvalue weighted by molar-refractivity contribution is 8.24. The van der Waals surface area contributed by atoms with Crippen molar-refractivity contribution in [2.45, 2.75) is 37.8 Å². The summed E-state index contributed by atoms with van der Waals surface area (Å²) in [6.45, 7) is 9.30. The zero-order valence-corrected chi connectivity index (χ0v) is 20.4. The molecule has 9 heteroatoms. The highest BCUT2D eigenvalue weighted by atomic mass is 32.2. The van der Waals surface area contributed by atoms with Crippen molar-refractivity contribution < 1.29 is 9.59 Å². The number of hydrogen-bond donors (Lipinski definition) is 1. The third kappa shape index (κ3) is 6.39. The zero-order chi connectivity index (χ0) is 19.2. The molecule has 26 heavy (non-hydrogen) atoms. The second kappa shape index (κ2) is 11.5. The molecule has 2 nitrogen and oxygen atoms in total. The Kier molecular flexibility index (Phi) is 10.4. The number of hydrogen-bond acceptors (Lipinski definition) is 9. The van der Waals surface area contributed by atoms with Gasteiger partial charge in [0.2, 0.25) is 10.2 Å². The molecule has 0 bridgehead atoms. The summed E-state index contributed by atoms with van der Waals surface area (Å²) < 4.78 is 0.826.